The van der Waals surface area contributed by atoms with Crippen LogP contribution in [0.4, 0.5) is 5.69 Å². The normalized spacial score (nSPS) is 11.1. The Balaban J connectivity index is 1.31. The number of rotatable bonds is 10. The van der Waals surface area contributed by atoms with E-state index >= 15 is 0 Å². The highest BCUT2D eigenvalue weighted by atomic mass is 16.5. The van der Waals surface area contributed by atoms with Crippen LogP contribution in [0, 0.1) is 0 Å². The predicted molar refractivity (Wildman–Crippen MR) is 135 cm³/mol. The number of anilines is 1. The summed E-state index contributed by atoms with van der Waals surface area (Å²) in [6.45, 7) is 3.21. The predicted octanol–water partition coefficient (Wildman–Crippen LogP) is 7.07. The highest BCUT2D eigenvalue weighted by Gasteiger charge is 2.03. The number of nitrogens with zero attached hydrogens (tertiary/aromatic N) is 1. The summed E-state index contributed by atoms with van der Waals surface area (Å²) in [7, 11) is 0. The van der Waals surface area contributed by atoms with Gasteiger partial charge in [0.15, 0.2) is 0 Å². The lowest BCUT2D eigenvalue weighted by atomic mass is 10.1. The summed E-state index contributed by atoms with van der Waals surface area (Å²) in [5.41, 5.74) is 8.42. The molecule has 33 heavy (non-hydrogen) atoms. The Morgan fingerprint density at radius 3 is 1.61 bits per heavy atom. The molecule has 0 bridgehead atoms. The van der Waals surface area contributed by atoms with E-state index in [9.17, 15) is 0 Å². The van der Waals surface area contributed by atoms with Gasteiger partial charge in [-0.3, -0.25) is 5.43 Å². The van der Waals surface area contributed by atoms with Gasteiger partial charge in [-0.25, -0.2) is 0 Å². The third-order valence-corrected chi connectivity index (χ3v) is 5.19. The molecule has 166 valence electrons. The van der Waals surface area contributed by atoms with Crippen LogP contribution in [0.2, 0.25) is 0 Å². The van der Waals surface area contributed by atoms with Gasteiger partial charge in [-0.15, -0.1) is 0 Å². The first kappa shape index (κ1) is 22.2. The van der Waals surface area contributed by atoms with Crippen LogP contribution in [0.25, 0.3) is 0 Å². The second kappa shape index (κ2) is 11.5. The first-order valence-electron chi connectivity index (χ1n) is 11.2. The summed E-state index contributed by atoms with van der Waals surface area (Å²) >= 11 is 0. The Morgan fingerprint density at radius 1 is 0.636 bits per heavy atom. The average Bonchev–Trinajstić information content (AvgIpc) is 2.89. The number of hydrogen-bond donors (Lipinski definition) is 1. The highest BCUT2D eigenvalue weighted by Crippen LogP contribution is 2.19. The molecule has 0 fully saturated rings. The summed E-state index contributed by atoms with van der Waals surface area (Å²) in [4.78, 5) is 0. The molecular formula is C29H28N2O2. The Morgan fingerprint density at radius 2 is 1.12 bits per heavy atom. The molecule has 0 heterocycles. The van der Waals surface area contributed by atoms with E-state index < -0.39 is 0 Å². The quantitative estimate of drug-likeness (QED) is 0.213. The summed E-state index contributed by atoms with van der Waals surface area (Å²) in [6, 6.07) is 36.2. The maximum atomic E-state index is 5.88. The minimum Gasteiger partial charge on any atom is -0.489 e. The number of nitrogens with one attached hydrogen (secondary N) is 1. The summed E-state index contributed by atoms with van der Waals surface area (Å²) in [5, 5.41) is 4.61. The van der Waals surface area contributed by atoms with Gasteiger partial charge in [0.05, 0.1) is 11.4 Å². The number of ether oxygens (including phenoxy) is 2. The first-order valence-corrected chi connectivity index (χ1v) is 11.2. The molecular weight excluding hydrogens is 408 g/mol. The lowest BCUT2D eigenvalue weighted by molar-refractivity contribution is 0.306. The molecule has 0 aromatic heterocycles. The zero-order valence-corrected chi connectivity index (χ0v) is 18.8. The molecule has 0 unspecified atom stereocenters. The van der Waals surface area contributed by atoms with Crippen LogP contribution in [-0.2, 0) is 13.2 Å². The molecule has 4 aromatic rings. The molecule has 0 amide bonds. The topological polar surface area (TPSA) is 42.9 Å². The molecule has 0 aliphatic rings. The fourth-order valence-corrected chi connectivity index (χ4v) is 3.33. The molecule has 4 aromatic carbocycles. The fraction of sp³-hybridized carbons (Fsp3) is 0.138. The van der Waals surface area contributed by atoms with Gasteiger partial charge in [-0.1, -0.05) is 67.6 Å². The van der Waals surface area contributed by atoms with E-state index in [0.29, 0.717) is 13.2 Å². The van der Waals surface area contributed by atoms with Crippen molar-refractivity contribution in [3.63, 3.8) is 0 Å². The molecule has 0 atom stereocenters. The smallest absolute Gasteiger partial charge is 0.119 e. The maximum Gasteiger partial charge on any atom is 0.119 e. The van der Waals surface area contributed by atoms with Crippen LogP contribution in [0.1, 0.15) is 30.0 Å². The van der Waals surface area contributed by atoms with Crippen molar-refractivity contribution in [1.82, 2.24) is 0 Å². The Labute approximate surface area is 195 Å². The van der Waals surface area contributed by atoms with Gasteiger partial charge in [0, 0.05) is 0 Å². The number of benzene rings is 4. The average molecular weight is 437 g/mol. The van der Waals surface area contributed by atoms with E-state index in [4.69, 9.17) is 9.47 Å². The number of hydrazone groups is 1. The zero-order valence-electron chi connectivity index (χ0n) is 18.8. The Kier molecular flexibility index (Phi) is 7.74. The van der Waals surface area contributed by atoms with E-state index in [-0.39, 0.29) is 0 Å². The van der Waals surface area contributed by atoms with E-state index in [2.05, 4.69) is 41.7 Å². The van der Waals surface area contributed by atoms with Crippen LogP contribution >= 0.6 is 0 Å². The van der Waals surface area contributed by atoms with Gasteiger partial charge >= 0.3 is 0 Å². The van der Waals surface area contributed by atoms with E-state index in [1.165, 1.54) is 0 Å². The first-order chi connectivity index (χ1) is 16.3. The van der Waals surface area contributed by atoms with Gasteiger partial charge in [-0.2, -0.15) is 5.10 Å². The molecule has 0 saturated heterocycles. The summed E-state index contributed by atoms with van der Waals surface area (Å²) < 4.78 is 11.7. The fourth-order valence-electron chi connectivity index (χ4n) is 3.33. The molecule has 4 rings (SSSR count). The van der Waals surface area contributed by atoms with Gasteiger partial charge < -0.3 is 9.47 Å². The van der Waals surface area contributed by atoms with Crippen LogP contribution in [-0.4, -0.2) is 5.71 Å². The number of hydrogen-bond acceptors (Lipinski definition) is 4. The van der Waals surface area contributed by atoms with Gasteiger partial charge in [0.25, 0.3) is 0 Å². The minimum atomic E-state index is 0.552. The molecule has 0 spiro atoms. The molecule has 0 radical (unpaired) electrons. The second-order valence-corrected chi connectivity index (χ2v) is 7.62. The van der Waals surface area contributed by atoms with Gasteiger partial charge in [0.2, 0.25) is 0 Å². The standard InChI is InChI=1S/C29H28N2O2/c1-2-29(25-13-17-27(18-14-25)32-21-23-9-5-3-6-10-23)31-30-26-15-19-28(20-16-26)33-22-24-11-7-4-8-12-24/h3-20,30H,2,21-22H2,1H3. The lowest BCUT2D eigenvalue weighted by Crippen LogP contribution is -2.03. The Hall–Kier alpha value is -4.05. The minimum absolute atomic E-state index is 0.552. The second-order valence-electron chi connectivity index (χ2n) is 7.62. The lowest BCUT2D eigenvalue weighted by Gasteiger charge is -2.10. The highest BCUT2D eigenvalue weighted by molar-refractivity contribution is 6.00. The molecule has 4 nitrogen and oxygen atoms in total. The third kappa shape index (κ3) is 6.71. The van der Waals surface area contributed by atoms with Crippen molar-refractivity contribution in [2.75, 3.05) is 5.43 Å². The molecule has 0 aliphatic heterocycles. The van der Waals surface area contributed by atoms with E-state index in [1.807, 2.05) is 84.9 Å². The van der Waals surface area contributed by atoms with Gasteiger partial charge in [0.1, 0.15) is 24.7 Å². The third-order valence-electron chi connectivity index (χ3n) is 5.19. The van der Waals surface area contributed by atoms with Crippen molar-refractivity contribution in [3.8, 4) is 11.5 Å². The van der Waals surface area contributed by atoms with Crippen molar-refractivity contribution >= 4 is 11.4 Å². The van der Waals surface area contributed by atoms with Crippen molar-refractivity contribution in [2.45, 2.75) is 26.6 Å². The van der Waals surface area contributed by atoms with Crippen LogP contribution in [0.5, 0.6) is 11.5 Å². The van der Waals surface area contributed by atoms with Crippen LogP contribution < -0.4 is 14.9 Å². The maximum absolute atomic E-state index is 5.88. The van der Waals surface area contributed by atoms with Crippen molar-refractivity contribution in [1.29, 1.82) is 0 Å². The van der Waals surface area contributed by atoms with Crippen LogP contribution in [0.3, 0.4) is 0 Å². The summed E-state index contributed by atoms with van der Waals surface area (Å²) in [6.07, 6.45) is 0.815. The molecule has 0 aliphatic carbocycles. The van der Waals surface area contributed by atoms with E-state index in [1.54, 1.807) is 0 Å². The van der Waals surface area contributed by atoms with Crippen molar-refractivity contribution in [2.24, 2.45) is 5.10 Å². The Bertz CT molecular complexity index is 1140. The van der Waals surface area contributed by atoms with Gasteiger partial charge in [-0.05, 0) is 71.6 Å². The van der Waals surface area contributed by atoms with Crippen molar-refractivity contribution < 1.29 is 9.47 Å². The van der Waals surface area contributed by atoms with Crippen molar-refractivity contribution in [3.05, 3.63) is 126 Å². The summed E-state index contributed by atoms with van der Waals surface area (Å²) in [5.74, 6) is 1.67. The monoisotopic (exact) mass is 436 g/mol. The largest absolute Gasteiger partial charge is 0.489 e. The molecule has 1 N–H and O–H groups in total. The molecule has 0 saturated carbocycles. The van der Waals surface area contributed by atoms with Crippen LogP contribution in [0.15, 0.2) is 114 Å². The SMILES string of the molecule is CCC(=NNc1ccc(OCc2ccccc2)cc1)c1ccc(OCc2ccccc2)cc1. The zero-order chi connectivity index (χ0) is 22.7. The molecule has 4 heteroatoms. The van der Waals surface area contributed by atoms with E-state index in [0.717, 1.165) is 46.0 Å².